The Morgan fingerprint density at radius 2 is 1.89 bits per heavy atom. The van der Waals surface area contributed by atoms with Gasteiger partial charge in [-0.05, 0) is 41.5 Å². The molecule has 0 aliphatic rings. The molecule has 5 nitrogen and oxygen atoms in total. The number of nitrogens with zero attached hydrogens (tertiary/aromatic N) is 2. The molecule has 2 aromatic carbocycles. The number of hydrogen-bond acceptors (Lipinski definition) is 3. The number of amides is 1. The molecule has 0 fully saturated rings. The number of ether oxygens (including phenoxy) is 1. The molecule has 0 bridgehead atoms. The highest BCUT2D eigenvalue weighted by Crippen LogP contribution is 2.22. The zero-order valence-electron chi connectivity index (χ0n) is 15.1. The zero-order valence-corrected chi connectivity index (χ0v) is 15.9. The van der Waals surface area contributed by atoms with Gasteiger partial charge in [0.25, 0.3) is 0 Å². The van der Waals surface area contributed by atoms with E-state index in [0.29, 0.717) is 5.02 Å². The molecule has 0 saturated carbocycles. The Hall–Kier alpha value is -3.05. The topological polar surface area (TPSA) is 56.1 Å². The van der Waals surface area contributed by atoms with Crippen LogP contribution < -0.4 is 10.1 Å². The number of aromatic nitrogens is 2. The number of rotatable bonds is 6. The molecule has 0 radical (unpaired) electrons. The highest BCUT2D eigenvalue weighted by Gasteiger charge is 2.19. The third kappa shape index (κ3) is 4.77. The van der Waals surface area contributed by atoms with Gasteiger partial charge >= 0.3 is 0 Å². The Morgan fingerprint density at radius 1 is 1.19 bits per heavy atom. The van der Waals surface area contributed by atoms with Crippen LogP contribution in [0.5, 0.6) is 5.75 Å². The zero-order chi connectivity index (χ0) is 19.2. The molecule has 0 aliphatic heterocycles. The van der Waals surface area contributed by atoms with E-state index in [4.69, 9.17) is 16.3 Å². The van der Waals surface area contributed by atoms with E-state index in [1.54, 1.807) is 31.5 Å². The van der Waals surface area contributed by atoms with Crippen LogP contribution in [0.3, 0.4) is 0 Å². The van der Waals surface area contributed by atoms with Gasteiger partial charge in [0.15, 0.2) is 0 Å². The van der Waals surface area contributed by atoms with Gasteiger partial charge in [-0.2, -0.15) is 0 Å². The van der Waals surface area contributed by atoms with E-state index in [0.717, 1.165) is 22.7 Å². The van der Waals surface area contributed by atoms with Crippen LogP contribution >= 0.6 is 11.6 Å². The van der Waals surface area contributed by atoms with Gasteiger partial charge in [0, 0.05) is 30.5 Å². The minimum absolute atomic E-state index is 0.214. The molecule has 1 atom stereocenters. The molecule has 3 rings (SSSR count). The van der Waals surface area contributed by atoms with Gasteiger partial charge < -0.3 is 14.6 Å². The van der Waals surface area contributed by atoms with Crippen LogP contribution in [0.2, 0.25) is 5.02 Å². The van der Waals surface area contributed by atoms with Crippen molar-refractivity contribution in [3.8, 4) is 5.75 Å². The van der Waals surface area contributed by atoms with Crippen molar-refractivity contribution in [3.05, 3.63) is 89.0 Å². The maximum Gasteiger partial charge on any atom is 0.244 e. The maximum absolute atomic E-state index is 12.5. The molecule has 27 heavy (non-hydrogen) atoms. The number of nitrogens with one attached hydrogen (secondary N) is 1. The van der Waals surface area contributed by atoms with Crippen molar-refractivity contribution in [3.63, 3.8) is 0 Å². The first kappa shape index (κ1) is 18.7. The molecule has 1 heterocycles. The molecule has 138 valence electrons. The lowest BCUT2D eigenvalue weighted by Gasteiger charge is -2.18. The van der Waals surface area contributed by atoms with Crippen molar-refractivity contribution in [2.45, 2.75) is 6.04 Å². The summed E-state index contributed by atoms with van der Waals surface area (Å²) in [5.41, 5.74) is 1.81. The quantitative estimate of drug-likeness (QED) is 0.656. The number of methoxy groups -OCH3 is 1. The monoisotopic (exact) mass is 381 g/mol. The van der Waals surface area contributed by atoms with E-state index >= 15 is 0 Å². The second-order valence-corrected chi connectivity index (χ2v) is 6.43. The molecular weight excluding hydrogens is 362 g/mol. The summed E-state index contributed by atoms with van der Waals surface area (Å²) in [6.07, 6.45) is 6.81. The van der Waals surface area contributed by atoms with Crippen LogP contribution in [0, 0.1) is 0 Å². The van der Waals surface area contributed by atoms with E-state index in [9.17, 15) is 4.79 Å². The summed E-state index contributed by atoms with van der Waals surface area (Å²) in [5, 5.41) is 3.65. The molecule has 1 amide bonds. The fraction of sp³-hybridized carbons (Fsp3) is 0.143. The molecule has 0 saturated heterocycles. The predicted molar refractivity (Wildman–Crippen MR) is 107 cm³/mol. The fourth-order valence-electron chi connectivity index (χ4n) is 2.68. The summed E-state index contributed by atoms with van der Waals surface area (Å²) in [6.45, 7) is 0. The van der Waals surface area contributed by atoms with Gasteiger partial charge in [0.1, 0.15) is 17.6 Å². The molecule has 6 heteroatoms. The fourth-order valence-corrected chi connectivity index (χ4v) is 2.81. The molecule has 0 aliphatic carbocycles. The summed E-state index contributed by atoms with van der Waals surface area (Å²) in [4.78, 5) is 16.9. The van der Waals surface area contributed by atoms with Crippen molar-refractivity contribution in [2.24, 2.45) is 7.05 Å². The Balaban J connectivity index is 1.79. The van der Waals surface area contributed by atoms with E-state index in [-0.39, 0.29) is 11.9 Å². The summed E-state index contributed by atoms with van der Waals surface area (Å²) in [7, 11) is 3.51. The first-order valence-corrected chi connectivity index (χ1v) is 8.80. The Bertz CT molecular complexity index is 931. The van der Waals surface area contributed by atoms with Gasteiger partial charge in [-0.15, -0.1) is 0 Å². The van der Waals surface area contributed by atoms with Crippen LogP contribution in [-0.4, -0.2) is 22.6 Å². The van der Waals surface area contributed by atoms with Gasteiger partial charge in [0.05, 0.1) is 7.11 Å². The number of benzene rings is 2. The first-order chi connectivity index (χ1) is 13.1. The van der Waals surface area contributed by atoms with Crippen LogP contribution in [0.25, 0.3) is 6.08 Å². The Kier molecular flexibility index (Phi) is 5.94. The van der Waals surface area contributed by atoms with Crippen LogP contribution in [0.15, 0.2) is 67.0 Å². The highest BCUT2D eigenvalue weighted by atomic mass is 35.5. The Morgan fingerprint density at radius 3 is 2.48 bits per heavy atom. The summed E-state index contributed by atoms with van der Waals surface area (Å²) < 4.78 is 7.02. The largest absolute Gasteiger partial charge is 0.497 e. The van der Waals surface area contributed by atoms with Gasteiger partial charge in [-0.3, -0.25) is 4.79 Å². The molecule has 3 aromatic rings. The molecule has 1 N–H and O–H groups in total. The number of carbonyl (C=O) groups is 1. The molecular formula is C21H20ClN3O2. The van der Waals surface area contributed by atoms with Gasteiger partial charge in [-0.1, -0.05) is 35.9 Å². The van der Waals surface area contributed by atoms with Crippen molar-refractivity contribution in [1.82, 2.24) is 14.9 Å². The second-order valence-electron chi connectivity index (χ2n) is 6.00. The van der Waals surface area contributed by atoms with Crippen LogP contribution in [0.4, 0.5) is 0 Å². The number of carbonyl (C=O) groups excluding carboxylic acids is 1. The lowest BCUT2D eigenvalue weighted by Crippen LogP contribution is -2.29. The summed E-state index contributed by atoms with van der Waals surface area (Å²) >= 11 is 5.99. The lowest BCUT2D eigenvalue weighted by molar-refractivity contribution is -0.117. The molecule has 0 spiro atoms. The Labute approximate surface area is 163 Å². The van der Waals surface area contributed by atoms with E-state index < -0.39 is 0 Å². The minimum atomic E-state index is -0.379. The van der Waals surface area contributed by atoms with Gasteiger partial charge in [0.2, 0.25) is 5.91 Å². The molecule has 0 unspecified atom stereocenters. The third-order valence-electron chi connectivity index (χ3n) is 4.15. The SMILES string of the molecule is COc1ccc(/C=C/C(=O)N[C@H](c2ccc(Cl)cc2)c2nccn2C)cc1. The van der Waals surface area contributed by atoms with Crippen molar-refractivity contribution in [1.29, 1.82) is 0 Å². The van der Waals surface area contributed by atoms with E-state index in [1.807, 2.05) is 54.2 Å². The van der Waals surface area contributed by atoms with Gasteiger partial charge in [-0.25, -0.2) is 4.98 Å². The standard InChI is InChI=1S/C21H20ClN3O2/c1-25-14-13-23-21(25)20(16-6-8-17(22)9-7-16)24-19(26)12-5-15-3-10-18(27-2)11-4-15/h3-14,20H,1-2H3,(H,24,26)/b12-5+/t20-/m1/s1. The normalized spacial score (nSPS) is 12.1. The third-order valence-corrected chi connectivity index (χ3v) is 4.40. The minimum Gasteiger partial charge on any atom is -0.497 e. The molecule has 1 aromatic heterocycles. The summed E-state index contributed by atoms with van der Waals surface area (Å²) in [6, 6.07) is 14.5. The number of halogens is 1. The van der Waals surface area contributed by atoms with Crippen molar-refractivity contribution in [2.75, 3.05) is 7.11 Å². The summed E-state index contributed by atoms with van der Waals surface area (Å²) in [5.74, 6) is 1.30. The first-order valence-electron chi connectivity index (χ1n) is 8.42. The smallest absolute Gasteiger partial charge is 0.244 e. The number of imidazole rings is 1. The average molecular weight is 382 g/mol. The highest BCUT2D eigenvalue weighted by molar-refractivity contribution is 6.30. The van der Waals surface area contributed by atoms with Crippen LogP contribution in [-0.2, 0) is 11.8 Å². The number of aryl methyl sites for hydroxylation is 1. The van der Waals surface area contributed by atoms with Crippen molar-refractivity contribution < 1.29 is 9.53 Å². The van der Waals surface area contributed by atoms with Crippen molar-refractivity contribution >= 4 is 23.6 Å². The van der Waals surface area contributed by atoms with E-state index in [1.165, 1.54) is 6.08 Å². The van der Waals surface area contributed by atoms with Crippen LogP contribution in [0.1, 0.15) is 23.0 Å². The number of hydrogen-bond donors (Lipinski definition) is 1. The van der Waals surface area contributed by atoms with E-state index in [2.05, 4.69) is 10.3 Å². The lowest BCUT2D eigenvalue weighted by atomic mass is 10.1. The average Bonchev–Trinajstić information content (AvgIpc) is 3.11. The predicted octanol–water partition coefficient (Wildman–Crippen LogP) is 4.00. The maximum atomic E-state index is 12.5. The second kappa shape index (κ2) is 8.56.